The standard InChI is InChI=1S/C23H17N3O2S/c1-3-7-17(8-4-1)21-22(18-9-5-2-6-10-18)29-23(25-21)26-24-14-16-11-12-19-20(13-16)28-15-27-19/h1-14H,15H2,(H,25,26)/b24-14-. The minimum Gasteiger partial charge on any atom is -0.454 e. The van der Waals surface area contributed by atoms with Crippen LogP contribution in [0.5, 0.6) is 11.5 Å². The van der Waals surface area contributed by atoms with Gasteiger partial charge in [-0.05, 0) is 29.3 Å². The predicted molar refractivity (Wildman–Crippen MR) is 117 cm³/mol. The van der Waals surface area contributed by atoms with E-state index in [1.165, 1.54) is 0 Å². The zero-order valence-electron chi connectivity index (χ0n) is 15.4. The van der Waals surface area contributed by atoms with E-state index in [0.29, 0.717) is 0 Å². The number of hydrogen-bond acceptors (Lipinski definition) is 6. The molecule has 0 fully saturated rings. The molecule has 6 heteroatoms. The SMILES string of the molecule is C(=N/Nc1nc(-c2ccccc2)c(-c2ccccc2)s1)/c1ccc2c(c1)OCO2. The van der Waals surface area contributed by atoms with Crippen LogP contribution in [-0.2, 0) is 0 Å². The van der Waals surface area contributed by atoms with Crippen LogP contribution < -0.4 is 14.9 Å². The van der Waals surface area contributed by atoms with Crippen molar-refractivity contribution in [2.75, 3.05) is 12.2 Å². The van der Waals surface area contributed by atoms with E-state index in [0.717, 1.165) is 43.9 Å². The van der Waals surface area contributed by atoms with Gasteiger partial charge in [0, 0.05) is 5.56 Å². The zero-order chi connectivity index (χ0) is 19.5. The number of hydrogen-bond donors (Lipinski definition) is 1. The lowest BCUT2D eigenvalue weighted by molar-refractivity contribution is 0.174. The Hall–Kier alpha value is -3.64. The topological polar surface area (TPSA) is 55.7 Å². The average Bonchev–Trinajstić information content (AvgIpc) is 3.42. The molecule has 142 valence electrons. The molecule has 5 nitrogen and oxygen atoms in total. The molecule has 0 atom stereocenters. The summed E-state index contributed by atoms with van der Waals surface area (Å²) in [5.74, 6) is 1.50. The second-order valence-electron chi connectivity index (χ2n) is 6.41. The number of benzene rings is 3. The van der Waals surface area contributed by atoms with Crippen LogP contribution in [0.25, 0.3) is 21.7 Å². The second kappa shape index (κ2) is 7.77. The van der Waals surface area contributed by atoms with Gasteiger partial charge in [0.15, 0.2) is 11.5 Å². The van der Waals surface area contributed by atoms with Gasteiger partial charge in [0.25, 0.3) is 0 Å². The molecule has 5 rings (SSSR count). The van der Waals surface area contributed by atoms with Crippen molar-refractivity contribution in [3.05, 3.63) is 84.4 Å². The van der Waals surface area contributed by atoms with Crippen LogP contribution >= 0.6 is 11.3 Å². The first-order valence-corrected chi connectivity index (χ1v) is 9.99. The maximum Gasteiger partial charge on any atom is 0.231 e. The van der Waals surface area contributed by atoms with Crippen molar-refractivity contribution in [1.82, 2.24) is 4.98 Å². The van der Waals surface area contributed by atoms with E-state index < -0.39 is 0 Å². The number of anilines is 1. The van der Waals surface area contributed by atoms with Crippen LogP contribution in [0.3, 0.4) is 0 Å². The summed E-state index contributed by atoms with van der Waals surface area (Å²) in [5.41, 5.74) is 7.15. The van der Waals surface area contributed by atoms with Crippen LogP contribution in [0.4, 0.5) is 5.13 Å². The fraction of sp³-hybridized carbons (Fsp3) is 0.0435. The van der Waals surface area contributed by atoms with Gasteiger partial charge in [-0.1, -0.05) is 72.0 Å². The summed E-state index contributed by atoms with van der Waals surface area (Å²) in [5, 5.41) is 5.09. The number of aromatic nitrogens is 1. The Morgan fingerprint density at radius 2 is 1.59 bits per heavy atom. The molecule has 0 unspecified atom stereocenters. The fourth-order valence-corrected chi connectivity index (χ4v) is 4.04. The lowest BCUT2D eigenvalue weighted by Gasteiger charge is -2.02. The number of nitrogens with one attached hydrogen (secondary N) is 1. The van der Waals surface area contributed by atoms with Gasteiger partial charge in [0.1, 0.15) is 0 Å². The zero-order valence-corrected chi connectivity index (χ0v) is 16.2. The first-order valence-electron chi connectivity index (χ1n) is 9.17. The lowest BCUT2D eigenvalue weighted by Crippen LogP contribution is -1.93. The van der Waals surface area contributed by atoms with Crippen LogP contribution in [0.1, 0.15) is 5.56 Å². The monoisotopic (exact) mass is 399 g/mol. The van der Waals surface area contributed by atoms with E-state index in [-0.39, 0.29) is 6.79 Å². The Bertz CT molecular complexity index is 1100. The average molecular weight is 399 g/mol. The molecule has 1 aliphatic heterocycles. The minimum absolute atomic E-state index is 0.262. The molecule has 0 amide bonds. The number of rotatable bonds is 5. The third-order valence-corrected chi connectivity index (χ3v) is 5.49. The van der Waals surface area contributed by atoms with Crippen LogP contribution in [0.2, 0.25) is 0 Å². The van der Waals surface area contributed by atoms with E-state index in [1.807, 2.05) is 54.6 Å². The Morgan fingerprint density at radius 1 is 0.862 bits per heavy atom. The largest absolute Gasteiger partial charge is 0.454 e. The molecule has 0 saturated heterocycles. The maximum atomic E-state index is 5.41. The van der Waals surface area contributed by atoms with Crippen molar-refractivity contribution in [3.63, 3.8) is 0 Å². The van der Waals surface area contributed by atoms with E-state index >= 15 is 0 Å². The first kappa shape index (κ1) is 17.5. The molecule has 2 heterocycles. The van der Waals surface area contributed by atoms with Crippen LogP contribution in [0, 0.1) is 0 Å². The van der Waals surface area contributed by atoms with Gasteiger partial charge in [-0.2, -0.15) is 5.10 Å². The van der Waals surface area contributed by atoms with E-state index in [1.54, 1.807) is 17.6 Å². The molecule has 0 spiro atoms. The number of hydrazone groups is 1. The Morgan fingerprint density at radius 3 is 2.38 bits per heavy atom. The van der Waals surface area contributed by atoms with Gasteiger partial charge in [0.05, 0.1) is 16.8 Å². The van der Waals surface area contributed by atoms with Gasteiger partial charge < -0.3 is 9.47 Å². The van der Waals surface area contributed by atoms with Gasteiger partial charge in [-0.3, -0.25) is 5.43 Å². The molecular weight excluding hydrogens is 382 g/mol. The Labute approximate surface area is 172 Å². The molecule has 0 radical (unpaired) electrons. The number of thiazole rings is 1. The van der Waals surface area contributed by atoms with E-state index in [4.69, 9.17) is 14.5 Å². The third kappa shape index (κ3) is 3.70. The van der Waals surface area contributed by atoms with Crippen molar-refractivity contribution in [3.8, 4) is 33.2 Å². The van der Waals surface area contributed by atoms with Crippen molar-refractivity contribution < 1.29 is 9.47 Å². The highest BCUT2D eigenvalue weighted by Gasteiger charge is 2.15. The molecule has 0 bridgehead atoms. The molecular formula is C23H17N3O2S. The highest BCUT2D eigenvalue weighted by atomic mass is 32.1. The van der Waals surface area contributed by atoms with Crippen LogP contribution in [-0.4, -0.2) is 18.0 Å². The summed E-state index contributed by atoms with van der Waals surface area (Å²) in [7, 11) is 0. The lowest BCUT2D eigenvalue weighted by atomic mass is 10.1. The van der Waals surface area contributed by atoms with Crippen molar-refractivity contribution in [1.29, 1.82) is 0 Å². The molecule has 29 heavy (non-hydrogen) atoms. The summed E-state index contributed by atoms with van der Waals surface area (Å²) in [6, 6.07) is 26.2. The van der Waals surface area contributed by atoms with Gasteiger partial charge in [-0.15, -0.1) is 0 Å². The number of ether oxygens (including phenoxy) is 2. The third-order valence-electron chi connectivity index (χ3n) is 4.48. The molecule has 3 aromatic carbocycles. The van der Waals surface area contributed by atoms with Crippen molar-refractivity contribution in [2.45, 2.75) is 0 Å². The number of fused-ring (bicyclic) bond motifs is 1. The smallest absolute Gasteiger partial charge is 0.231 e. The summed E-state index contributed by atoms with van der Waals surface area (Å²) < 4.78 is 10.7. The Balaban J connectivity index is 1.42. The second-order valence-corrected chi connectivity index (χ2v) is 7.41. The normalized spacial score (nSPS) is 12.4. The van der Waals surface area contributed by atoms with Crippen LogP contribution in [0.15, 0.2) is 84.0 Å². The van der Waals surface area contributed by atoms with E-state index in [2.05, 4.69) is 34.8 Å². The molecule has 0 saturated carbocycles. The fourth-order valence-electron chi connectivity index (χ4n) is 3.10. The maximum absolute atomic E-state index is 5.41. The summed E-state index contributed by atoms with van der Waals surface area (Å²) in [6.45, 7) is 0.262. The van der Waals surface area contributed by atoms with Crippen molar-refractivity contribution >= 4 is 22.7 Å². The summed E-state index contributed by atoms with van der Waals surface area (Å²) in [6.07, 6.45) is 1.74. The quantitative estimate of drug-likeness (QED) is 0.348. The highest BCUT2D eigenvalue weighted by Crippen LogP contribution is 2.39. The van der Waals surface area contributed by atoms with E-state index in [9.17, 15) is 0 Å². The van der Waals surface area contributed by atoms with Crippen molar-refractivity contribution in [2.24, 2.45) is 5.10 Å². The van der Waals surface area contributed by atoms with Gasteiger partial charge in [-0.25, -0.2) is 4.98 Å². The van der Waals surface area contributed by atoms with Gasteiger partial charge in [0.2, 0.25) is 11.9 Å². The number of nitrogens with zero attached hydrogens (tertiary/aromatic N) is 2. The molecule has 4 aromatic rings. The molecule has 1 aliphatic rings. The highest BCUT2D eigenvalue weighted by molar-refractivity contribution is 7.19. The van der Waals surface area contributed by atoms with Gasteiger partial charge >= 0.3 is 0 Å². The summed E-state index contributed by atoms with van der Waals surface area (Å²) in [4.78, 5) is 5.90. The minimum atomic E-state index is 0.262. The summed E-state index contributed by atoms with van der Waals surface area (Å²) >= 11 is 1.58. The Kier molecular flexibility index (Phi) is 4.68. The predicted octanol–water partition coefficient (Wildman–Crippen LogP) is 5.65. The molecule has 0 aliphatic carbocycles. The molecule has 1 aromatic heterocycles. The molecule has 1 N–H and O–H groups in total. The first-order chi connectivity index (χ1) is 14.4.